The van der Waals surface area contributed by atoms with Gasteiger partial charge in [0.25, 0.3) is 0 Å². The van der Waals surface area contributed by atoms with Gasteiger partial charge in [-0.3, -0.25) is 4.68 Å². The number of aromatic nitrogens is 2. The van der Waals surface area contributed by atoms with Crippen molar-refractivity contribution < 1.29 is 0 Å². The van der Waals surface area contributed by atoms with Gasteiger partial charge in [0.1, 0.15) is 0 Å². The van der Waals surface area contributed by atoms with Gasteiger partial charge in [0.2, 0.25) is 0 Å². The molecule has 0 aliphatic carbocycles. The molecule has 0 bridgehead atoms. The Hall–Kier alpha value is -0.790. The fourth-order valence-corrected chi connectivity index (χ4v) is 2.46. The molecular weight excluding hydrogens is 196 g/mol. The first-order chi connectivity index (χ1) is 7.31. The Balaban J connectivity index is 2.46. The van der Waals surface area contributed by atoms with E-state index in [1.54, 1.807) is 0 Å². The van der Waals surface area contributed by atoms with Crippen molar-refractivity contribution in [2.75, 3.05) is 0 Å². The summed E-state index contributed by atoms with van der Waals surface area (Å²) in [5.41, 5.74) is 3.11. The van der Waals surface area contributed by atoms with Crippen LogP contribution in [0.5, 0.6) is 0 Å². The van der Waals surface area contributed by atoms with E-state index in [2.05, 4.69) is 45.4 Å². The van der Waals surface area contributed by atoms with Crippen LogP contribution in [0, 0.1) is 0 Å². The molecule has 1 aliphatic heterocycles. The predicted molar refractivity (Wildman–Crippen MR) is 67.8 cm³/mol. The fraction of sp³-hybridized carbons (Fsp3) is 0.786. The molecule has 0 radical (unpaired) electrons. The number of rotatable bonds is 0. The van der Waals surface area contributed by atoms with Gasteiger partial charge in [-0.2, -0.15) is 5.10 Å². The second-order valence-corrected chi connectivity index (χ2v) is 6.73. The van der Waals surface area contributed by atoms with E-state index in [1.807, 2.05) is 0 Å². The Morgan fingerprint density at radius 3 is 2.56 bits per heavy atom. The summed E-state index contributed by atoms with van der Waals surface area (Å²) in [5.74, 6) is 0. The van der Waals surface area contributed by atoms with Gasteiger partial charge in [-0.25, -0.2) is 0 Å². The molecule has 1 aromatic rings. The molecule has 0 unspecified atom stereocenters. The van der Waals surface area contributed by atoms with Gasteiger partial charge in [0.05, 0.1) is 5.69 Å². The highest BCUT2D eigenvalue weighted by Crippen LogP contribution is 2.34. The summed E-state index contributed by atoms with van der Waals surface area (Å²) in [7, 11) is 0. The van der Waals surface area contributed by atoms with Crippen LogP contribution in [0.15, 0.2) is 6.07 Å². The lowest BCUT2D eigenvalue weighted by atomic mass is 9.83. The largest absolute Gasteiger partial charge is 0.269 e. The second kappa shape index (κ2) is 3.61. The molecular formula is C14H24N2. The SMILES string of the molecule is CC(C)(C)c1cc2n(n1)CCCCC2(C)C. The molecule has 0 saturated heterocycles. The van der Waals surface area contributed by atoms with Crippen LogP contribution in [-0.2, 0) is 17.4 Å². The third-order valence-electron chi connectivity index (χ3n) is 3.66. The van der Waals surface area contributed by atoms with Crippen molar-refractivity contribution in [3.8, 4) is 0 Å². The average molecular weight is 220 g/mol. The van der Waals surface area contributed by atoms with Crippen molar-refractivity contribution >= 4 is 0 Å². The molecule has 0 aromatic carbocycles. The quantitative estimate of drug-likeness (QED) is 0.652. The molecule has 2 nitrogen and oxygen atoms in total. The van der Waals surface area contributed by atoms with E-state index in [-0.39, 0.29) is 10.8 Å². The Morgan fingerprint density at radius 1 is 1.25 bits per heavy atom. The smallest absolute Gasteiger partial charge is 0.0681 e. The first-order valence-electron chi connectivity index (χ1n) is 6.39. The highest BCUT2D eigenvalue weighted by Gasteiger charge is 2.30. The van der Waals surface area contributed by atoms with E-state index >= 15 is 0 Å². The second-order valence-electron chi connectivity index (χ2n) is 6.73. The zero-order chi connectivity index (χ0) is 12.0. The van der Waals surface area contributed by atoms with Gasteiger partial charge < -0.3 is 0 Å². The molecule has 1 aliphatic rings. The van der Waals surface area contributed by atoms with E-state index in [9.17, 15) is 0 Å². The average Bonchev–Trinajstić information content (AvgIpc) is 2.51. The Morgan fingerprint density at radius 2 is 1.94 bits per heavy atom. The number of nitrogens with zero attached hydrogens (tertiary/aromatic N) is 2. The fourth-order valence-electron chi connectivity index (χ4n) is 2.46. The minimum atomic E-state index is 0.162. The minimum Gasteiger partial charge on any atom is -0.269 e. The van der Waals surface area contributed by atoms with Gasteiger partial charge in [-0.1, -0.05) is 41.0 Å². The zero-order valence-corrected chi connectivity index (χ0v) is 11.3. The van der Waals surface area contributed by atoms with Gasteiger partial charge in [0.15, 0.2) is 0 Å². The highest BCUT2D eigenvalue weighted by molar-refractivity contribution is 5.24. The summed E-state index contributed by atoms with van der Waals surface area (Å²) in [6.07, 6.45) is 3.87. The first kappa shape index (κ1) is 11.7. The molecule has 2 heterocycles. The molecule has 0 spiro atoms. The number of aryl methyl sites for hydroxylation is 1. The van der Waals surface area contributed by atoms with Crippen LogP contribution in [0.25, 0.3) is 0 Å². The molecule has 2 rings (SSSR count). The van der Waals surface area contributed by atoms with Crippen molar-refractivity contribution in [2.45, 2.75) is 71.3 Å². The van der Waals surface area contributed by atoms with E-state index in [4.69, 9.17) is 5.10 Å². The lowest BCUT2D eigenvalue weighted by molar-refractivity contribution is 0.457. The summed E-state index contributed by atoms with van der Waals surface area (Å²) >= 11 is 0. The third kappa shape index (κ3) is 2.02. The third-order valence-corrected chi connectivity index (χ3v) is 3.66. The molecule has 0 atom stereocenters. The maximum absolute atomic E-state index is 4.79. The van der Waals surface area contributed by atoms with Crippen molar-refractivity contribution in [2.24, 2.45) is 0 Å². The Kier molecular flexibility index (Phi) is 2.64. The van der Waals surface area contributed by atoms with Crippen LogP contribution in [-0.4, -0.2) is 9.78 Å². The maximum atomic E-state index is 4.79. The maximum Gasteiger partial charge on any atom is 0.0681 e. The van der Waals surface area contributed by atoms with Crippen LogP contribution >= 0.6 is 0 Å². The molecule has 1 aromatic heterocycles. The summed E-state index contributed by atoms with van der Waals surface area (Å²) in [4.78, 5) is 0. The Labute approximate surface area is 99.0 Å². The predicted octanol–water partition coefficient (Wildman–Crippen LogP) is 3.64. The van der Waals surface area contributed by atoms with Crippen LogP contribution in [0.1, 0.15) is 65.3 Å². The van der Waals surface area contributed by atoms with Gasteiger partial charge in [-0.15, -0.1) is 0 Å². The molecule has 16 heavy (non-hydrogen) atoms. The summed E-state index contributed by atoms with van der Waals surface area (Å²) in [5, 5.41) is 4.79. The first-order valence-corrected chi connectivity index (χ1v) is 6.39. The molecule has 90 valence electrons. The van der Waals surface area contributed by atoms with E-state index < -0.39 is 0 Å². The molecule has 0 fully saturated rings. The lowest BCUT2D eigenvalue weighted by Crippen LogP contribution is -2.19. The van der Waals surface area contributed by atoms with Crippen molar-refractivity contribution in [1.29, 1.82) is 0 Å². The number of hydrogen-bond acceptors (Lipinski definition) is 1. The summed E-state index contributed by atoms with van der Waals surface area (Å²) < 4.78 is 2.24. The summed E-state index contributed by atoms with van der Waals surface area (Å²) in [6.45, 7) is 12.5. The van der Waals surface area contributed by atoms with Gasteiger partial charge in [-0.05, 0) is 18.9 Å². The normalized spacial score (nSPS) is 20.3. The topological polar surface area (TPSA) is 17.8 Å². The van der Waals surface area contributed by atoms with Crippen LogP contribution in [0.4, 0.5) is 0 Å². The molecule has 2 heteroatoms. The Bertz CT molecular complexity index is 380. The molecule has 0 amide bonds. The standard InChI is InChI=1S/C14H24N2/c1-13(2,3)11-10-12-14(4,5)8-6-7-9-16(12)15-11/h10H,6-9H2,1-5H3. The monoisotopic (exact) mass is 220 g/mol. The number of fused-ring (bicyclic) bond motifs is 1. The lowest BCUT2D eigenvalue weighted by Gasteiger charge is -2.22. The van der Waals surface area contributed by atoms with Crippen molar-refractivity contribution in [3.63, 3.8) is 0 Å². The van der Waals surface area contributed by atoms with Crippen LogP contribution in [0.3, 0.4) is 0 Å². The zero-order valence-electron chi connectivity index (χ0n) is 11.3. The van der Waals surface area contributed by atoms with E-state index in [0.29, 0.717) is 0 Å². The van der Waals surface area contributed by atoms with E-state index in [0.717, 1.165) is 6.54 Å². The minimum absolute atomic E-state index is 0.162. The van der Waals surface area contributed by atoms with Crippen LogP contribution < -0.4 is 0 Å². The van der Waals surface area contributed by atoms with Gasteiger partial charge >= 0.3 is 0 Å². The van der Waals surface area contributed by atoms with Gasteiger partial charge in [0, 0.05) is 23.1 Å². The van der Waals surface area contributed by atoms with E-state index in [1.165, 1.54) is 30.7 Å². The highest BCUT2D eigenvalue weighted by atomic mass is 15.3. The van der Waals surface area contributed by atoms with Crippen molar-refractivity contribution in [1.82, 2.24) is 9.78 Å². The molecule has 0 N–H and O–H groups in total. The van der Waals surface area contributed by atoms with Crippen molar-refractivity contribution in [3.05, 3.63) is 17.5 Å². The molecule has 0 saturated carbocycles. The van der Waals surface area contributed by atoms with Crippen LogP contribution in [0.2, 0.25) is 0 Å². The summed E-state index contributed by atoms with van der Waals surface area (Å²) in [6, 6.07) is 2.32. The number of hydrogen-bond donors (Lipinski definition) is 0.